The summed E-state index contributed by atoms with van der Waals surface area (Å²) < 4.78 is 1.88. The highest BCUT2D eigenvalue weighted by Gasteiger charge is 1.98. The van der Waals surface area contributed by atoms with Crippen LogP contribution < -0.4 is 0 Å². The number of aromatic nitrogens is 2. The highest BCUT2D eigenvalue weighted by Crippen LogP contribution is 2.00. The van der Waals surface area contributed by atoms with Gasteiger partial charge in [0.25, 0.3) is 0 Å². The molecule has 0 aliphatic rings. The molecule has 0 unspecified atom stereocenters. The summed E-state index contributed by atoms with van der Waals surface area (Å²) in [5.41, 5.74) is 1.05. The highest BCUT2D eigenvalue weighted by molar-refractivity contribution is 4.97. The fourth-order valence-corrected chi connectivity index (χ4v) is 0.926. The summed E-state index contributed by atoms with van der Waals surface area (Å²) in [5, 5.41) is 8.81. The topological polar surface area (TPSA) is 38.0 Å². The van der Waals surface area contributed by atoms with E-state index in [9.17, 15) is 0 Å². The highest BCUT2D eigenvalue weighted by atomic mass is 16.3. The lowest BCUT2D eigenvalue weighted by Gasteiger charge is -2.03. The minimum atomic E-state index is -0.0136. The molecule has 1 N–H and O–H groups in total. The molecule has 0 radical (unpaired) electrons. The summed E-state index contributed by atoms with van der Waals surface area (Å²) in [6.07, 6.45) is 3.51. The molecule has 0 aromatic carbocycles. The van der Waals surface area contributed by atoms with Gasteiger partial charge in [0, 0.05) is 18.9 Å². The first-order valence-electron chi connectivity index (χ1n) is 3.49. The minimum absolute atomic E-state index is 0.0136. The van der Waals surface area contributed by atoms with Gasteiger partial charge < -0.3 is 9.67 Å². The Hall–Kier alpha value is -1.09. The standard InChI is InChI=1S/C8H12N2O/c1-7(2)5-10-4-3-9-8(10)6-11/h3-4,11H,1,5-6H2,2H3. The maximum absolute atomic E-state index is 8.81. The van der Waals surface area contributed by atoms with E-state index in [1.165, 1.54) is 0 Å². The van der Waals surface area contributed by atoms with Gasteiger partial charge in [-0.05, 0) is 6.92 Å². The second kappa shape index (κ2) is 3.34. The smallest absolute Gasteiger partial charge is 0.134 e. The molecule has 0 saturated heterocycles. The molecule has 3 heteroatoms. The normalized spacial score (nSPS) is 10.0. The third-order valence-electron chi connectivity index (χ3n) is 1.38. The SMILES string of the molecule is C=C(C)Cn1ccnc1CO. The van der Waals surface area contributed by atoms with Crippen LogP contribution in [-0.4, -0.2) is 14.7 Å². The molecule has 0 spiro atoms. The van der Waals surface area contributed by atoms with E-state index < -0.39 is 0 Å². The molecule has 0 saturated carbocycles. The van der Waals surface area contributed by atoms with Gasteiger partial charge in [0.1, 0.15) is 12.4 Å². The van der Waals surface area contributed by atoms with E-state index in [1.54, 1.807) is 6.20 Å². The number of imidazole rings is 1. The number of aliphatic hydroxyl groups is 1. The minimum Gasteiger partial charge on any atom is -0.388 e. The lowest BCUT2D eigenvalue weighted by Crippen LogP contribution is -2.03. The van der Waals surface area contributed by atoms with Crippen LogP contribution in [0.1, 0.15) is 12.7 Å². The van der Waals surface area contributed by atoms with Crippen LogP contribution in [0.2, 0.25) is 0 Å². The Bertz CT molecular complexity index is 252. The predicted octanol–water partition coefficient (Wildman–Crippen LogP) is 0.952. The first kappa shape index (κ1) is 8.01. The molecule has 1 rings (SSSR count). The summed E-state index contributed by atoms with van der Waals surface area (Å²) >= 11 is 0. The molecular formula is C8H12N2O. The van der Waals surface area contributed by atoms with Gasteiger partial charge in [-0.2, -0.15) is 0 Å². The van der Waals surface area contributed by atoms with Crippen molar-refractivity contribution in [2.75, 3.05) is 0 Å². The van der Waals surface area contributed by atoms with Crippen LogP contribution in [0.4, 0.5) is 0 Å². The zero-order valence-corrected chi connectivity index (χ0v) is 6.62. The molecular weight excluding hydrogens is 140 g/mol. The van der Waals surface area contributed by atoms with E-state index in [-0.39, 0.29) is 6.61 Å². The Morgan fingerprint density at radius 2 is 2.55 bits per heavy atom. The second-order valence-electron chi connectivity index (χ2n) is 2.59. The van der Waals surface area contributed by atoms with Gasteiger partial charge in [0.05, 0.1) is 0 Å². The number of nitrogens with zero attached hydrogens (tertiary/aromatic N) is 2. The van der Waals surface area contributed by atoms with Crippen LogP contribution in [0, 0.1) is 0 Å². The molecule has 0 atom stereocenters. The molecule has 0 aliphatic carbocycles. The zero-order valence-electron chi connectivity index (χ0n) is 6.62. The van der Waals surface area contributed by atoms with Gasteiger partial charge in [0.2, 0.25) is 0 Å². The van der Waals surface area contributed by atoms with Gasteiger partial charge in [-0.25, -0.2) is 4.98 Å². The zero-order chi connectivity index (χ0) is 8.27. The van der Waals surface area contributed by atoms with Crippen molar-refractivity contribution in [1.29, 1.82) is 0 Å². The monoisotopic (exact) mass is 152 g/mol. The fourth-order valence-electron chi connectivity index (χ4n) is 0.926. The molecule has 1 heterocycles. The molecule has 0 bridgehead atoms. The summed E-state index contributed by atoms with van der Waals surface area (Å²) in [5.74, 6) is 0.688. The van der Waals surface area contributed by atoms with Crippen molar-refractivity contribution in [3.8, 4) is 0 Å². The molecule has 60 valence electrons. The van der Waals surface area contributed by atoms with Crippen LogP contribution in [0.25, 0.3) is 0 Å². The van der Waals surface area contributed by atoms with Crippen LogP contribution >= 0.6 is 0 Å². The second-order valence-corrected chi connectivity index (χ2v) is 2.59. The largest absolute Gasteiger partial charge is 0.388 e. The lowest BCUT2D eigenvalue weighted by atomic mass is 10.3. The summed E-state index contributed by atoms with van der Waals surface area (Å²) in [7, 11) is 0. The Labute approximate surface area is 66.0 Å². The fraction of sp³-hybridized carbons (Fsp3) is 0.375. The van der Waals surface area contributed by atoms with Crippen molar-refractivity contribution in [3.05, 3.63) is 30.4 Å². The number of allylic oxidation sites excluding steroid dienone is 1. The average molecular weight is 152 g/mol. The van der Waals surface area contributed by atoms with Crippen LogP contribution in [-0.2, 0) is 13.2 Å². The van der Waals surface area contributed by atoms with E-state index in [4.69, 9.17) is 5.11 Å². The number of aliphatic hydroxyl groups excluding tert-OH is 1. The van der Waals surface area contributed by atoms with Crippen LogP contribution in [0.5, 0.6) is 0 Å². The molecule has 11 heavy (non-hydrogen) atoms. The molecule has 0 aliphatic heterocycles. The van der Waals surface area contributed by atoms with Crippen LogP contribution in [0.3, 0.4) is 0 Å². The number of hydrogen-bond donors (Lipinski definition) is 1. The molecule has 1 aromatic heterocycles. The first-order chi connectivity index (χ1) is 5.24. The summed E-state index contributed by atoms with van der Waals surface area (Å²) in [6.45, 7) is 6.44. The van der Waals surface area contributed by atoms with Gasteiger partial charge in [0.15, 0.2) is 0 Å². The first-order valence-corrected chi connectivity index (χ1v) is 3.49. The van der Waals surface area contributed by atoms with Gasteiger partial charge in [-0.15, -0.1) is 0 Å². The Balaban J connectivity index is 2.76. The quantitative estimate of drug-likeness (QED) is 0.655. The maximum atomic E-state index is 8.81. The Morgan fingerprint density at radius 3 is 3.09 bits per heavy atom. The van der Waals surface area contributed by atoms with Gasteiger partial charge >= 0.3 is 0 Å². The lowest BCUT2D eigenvalue weighted by molar-refractivity contribution is 0.266. The van der Waals surface area contributed by atoms with E-state index in [0.717, 1.165) is 12.1 Å². The number of rotatable bonds is 3. The summed E-state index contributed by atoms with van der Waals surface area (Å²) in [6, 6.07) is 0. The van der Waals surface area contributed by atoms with Gasteiger partial charge in [-0.1, -0.05) is 12.2 Å². The van der Waals surface area contributed by atoms with Crippen molar-refractivity contribution in [3.63, 3.8) is 0 Å². The summed E-state index contributed by atoms with van der Waals surface area (Å²) in [4.78, 5) is 3.96. The average Bonchev–Trinajstić information content (AvgIpc) is 2.34. The third kappa shape index (κ3) is 1.91. The van der Waals surface area contributed by atoms with Crippen molar-refractivity contribution < 1.29 is 5.11 Å². The van der Waals surface area contributed by atoms with Crippen molar-refractivity contribution in [2.45, 2.75) is 20.1 Å². The van der Waals surface area contributed by atoms with Crippen molar-refractivity contribution in [2.24, 2.45) is 0 Å². The maximum Gasteiger partial charge on any atom is 0.134 e. The Morgan fingerprint density at radius 1 is 1.82 bits per heavy atom. The van der Waals surface area contributed by atoms with E-state index in [2.05, 4.69) is 11.6 Å². The third-order valence-corrected chi connectivity index (χ3v) is 1.38. The molecule has 0 amide bonds. The Kier molecular flexibility index (Phi) is 2.44. The van der Waals surface area contributed by atoms with E-state index in [1.807, 2.05) is 17.7 Å². The van der Waals surface area contributed by atoms with Crippen LogP contribution in [0.15, 0.2) is 24.5 Å². The van der Waals surface area contributed by atoms with Crippen molar-refractivity contribution in [1.82, 2.24) is 9.55 Å². The molecule has 1 aromatic rings. The molecule has 0 fully saturated rings. The van der Waals surface area contributed by atoms with Gasteiger partial charge in [-0.3, -0.25) is 0 Å². The molecule has 3 nitrogen and oxygen atoms in total. The van der Waals surface area contributed by atoms with E-state index >= 15 is 0 Å². The number of hydrogen-bond acceptors (Lipinski definition) is 2. The van der Waals surface area contributed by atoms with E-state index in [0.29, 0.717) is 5.82 Å². The van der Waals surface area contributed by atoms with Crippen molar-refractivity contribution >= 4 is 0 Å². The predicted molar refractivity (Wildman–Crippen MR) is 43.0 cm³/mol.